The van der Waals surface area contributed by atoms with Crippen molar-refractivity contribution < 1.29 is 4.74 Å². The molecule has 2 fully saturated rings. The van der Waals surface area contributed by atoms with E-state index in [1.165, 1.54) is 24.0 Å². The number of ether oxygens (including phenoxy) is 1. The largest absolute Gasteiger partial charge is 0.379 e. The molecular formula is C17H24N2O. The number of rotatable bonds is 3. The summed E-state index contributed by atoms with van der Waals surface area (Å²) in [6, 6.07) is 9.04. The number of hydrogen-bond acceptors (Lipinski definition) is 3. The number of hydrogen-bond donors (Lipinski definition) is 1. The molecule has 20 heavy (non-hydrogen) atoms. The number of nitrogens with zero attached hydrogens (tertiary/aromatic N) is 1. The van der Waals surface area contributed by atoms with Gasteiger partial charge in [-0.15, -0.1) is 0 Å². The first-order valence-corrected chi connectivity index (χ1v) is 7.69. The van der Waals surface area contributed by atoms with Gasteiger partial charge in [0.15, 0.2) is 0 Å². The first-order chi connectivity index (χ1) is 9.90. The van der Waals surface area contributed by atoms with E-state index in [9.17, 15) is 0 Å². The van der Waals surface area contributed by atoms with E-state index in [1.54, 1.807) is 5.57 Å². The molecule has 0 unspecified atom stereocenters. The molecule has 3 heteroatoms. The summed E-state index contributed by atoms with van der Waals surface area (Å²) in [6.07, 6.45) is 4.74. The molecule has 0 spiro atoms. The second-order valence-electron chi connectivity index (χ2n) is 5.68. The minimum absolute atomic E-state index is 0.873. The Kier molecular flexibility index (Phi) is 4.85. The summed E-state index contributed by atoms with van der Waals surface area (Å²) < 4.78 is 5.39. The fraction of sp³-hybridized carbons (Fsp3) is 0.529. The quantitative estimate of drug-likeness (QED) is 0.913. The summed E-state index contributed by atoms with van der Waals surface area (Å²) in [5.41, 5.74) is 4.32. The molecule has 3 rings (SSSR count). The van der Waals surface area contributed by atoms with Crippen LogP contribution in [-0.4, -0.2) is 44.3 Å². The third kappa shape index (κ3) is 3.92. The van der Waals surface area contributed by atoms with Gasteiger partial charge in [-0.3, -0.25) is 4.90 Å². The molecule has 108 valence electrons. The summed E-state index contributed by atoms with van der Waals surface area (Å²) in [7, 11) is 0. The Bertz CT molecular complexity index is 439. The first kappa shape index (κ1) is 13.8. The zero-order valence-electron chi connectivity index (χ0n) is 12.1. The molecule has 0 saturated carbocycles. The molecule has 0 bridgehead atoms. The Hall–Kier alpha value is -1.16. The van der Waals surface area contributed by atoms with Crippen molar-refractivity contribution in [3.8, 4) is 0 Å². The van der Waals surface area contributed by atoms with Crippen LogP contribution in [0.2, 0.25) is 0 Å². The lowest BCUT2D eigenvalue weighted by molar-refractivity contribution is 0.0342. The highest BCUT2D eigenvalue weighted by molar-refractivity contribution is 5.53. The maximum Gasteiger partial charge on any atom is 0.0594 e. The zero-order valence-corrected chi connectivity index (χ0v) is 12.1. The van der Waals surface area contributed by atoms with Gasteiger partial charge in [0, 0.05) is 19.6 Å². The van der Waals surface area contributed by atoms with Crippen LogP contribution in [0.5, 0.6) is 0 Å². The summed E-state index contributed by atoms with van der Waals surface area (Å²) in [6.45, 7) is 7.15. The molecule has 0 amide bonds. The van der Waals surface area contributed by atoms with E-state index < -0.39 is 0 Å². The predicted octanol–water partition coefficient (Wildman–Crippen LogP) is 2.29. The molecule has 0 radical (unpaired) electrons. The monoisotopic (exact) mass is 272 g/mol. The second-order valence-corrected chi connectivity index (χ2v) is 5.68. The molecule has 0 atom stereocenters. The number of nitrogens with one attached hydrogen (secondary N) is 1. The predicted molar refractivity (Wildman–Crippen MR) is 82.6 cm³/mol. The normalized spacial score (nSPS) is 20.9. The summed E-state index contributed by atoms with van der Waals surface area (Å²) in [5, 5.41) is 3.40. The Morgan fingerprint density at radius 3 is 2.45 bits per heavy atom. The van der Waals surface area contributed by atoms with E-state index in [0.717, 1.165) is 45.9 Å². The van der Waals surface area contributed by atoms with Gasteiger partial charge in [0.25, 0.3) is 0 Å². The lowest BCUT2D eigenvalue weighted by atomic mass is 10.0. The van der Waals surface area contributed by atoms with Crippen molar-refractivity contribution in [1.82, 2.24) is 10.2 Å². The first-order valence-electron chi connectivity index (χ1n) is 7.69. The zero-order chi connectivity index (χ0) is 13.6. The Morgan fingerprint density at radius 1 is 1.05 bits per heavy atom. The van der Waals surface area contributed by atoms with Crippen LogP contribution < -0.4 is 5.32 Å². The van der Waals surface area contributed by atoms with Crippen molar-refractivity contribution in [1.29, 1.82) is 0 Å². The van der Waals surface area contributed by atoms with Crippen molar-refractivity contribution in [3.63, 3.8) is 0 Å². The highest BCUT2D eigenvalue weighted by atomic mass is 16.5. The van der Waals surface area contributed by atoms with Gasteiger partial charge in [0.05, 0.1) is 13.2 Å². The molecule has 0 aromatic heterocycles. The SMILES string of the molecule is C(=C1CCNCC1)c1ccc(CN2CCOCC2)cc1. The fourth-order valence-electron chi connectivity index (χ4n) is 2.86. The Morgan fingerprint density at radius 2 is 1.75 bits per heavy atom. The van der Waals surface area contributed by atoms with Gasteiger partial charge in [-0.1, -0.05) is 35.9 Å². The second kappa shape index (κ2) is 7.02. The average molecular weight is 272 g/mol. The molecule has 0 aliphatic carbocycles. The lowest BCUT2D eigenvalue weighted by Gasteiger charge is -2.26. The minimum Gasteiger partial charge on any atom is -0.379 e. The number of morpholine rings is 1. The summed E-state index contributed by atoms with van der Waals surface area (Å²) in [4.78, 5) is 2.46. The van der Waals surface area contributed by atoms with E-state index in [1.807, 2.05) is 0 Å². The van der Waals surface area contributed by atoms with Gasteiger partial charge in [-0.25, -0.2) is 0 Å². The number of benzene rings is 1. The van der Waals surface area contributed by atoms with E-state index in [4.69, 9.17) is 4.74 Å². The lowest BCUT2D eigenvalue weighted by Crippen LogP contribution is -2.35. The van der Waals surface area contributed by atoms with Crippen molar-refractivity contribution in [2.24, 2.45) is 0 Å². The Balaban J connectivity index is 1.59. The van der Waals surface area contributed by atoms with Crippen LogP contribution in [0.15, 0.2) is 29.8 Å². The highest BCUT2D eigenvalue weighted by Crippen LogP contribution is 2.16. The van der Waals surface area contributed by atoms with E-state index >= 15 is 0 Å². The van der Waals surface area contributed by atoms with Crippen LogP contribution in [0.3, 0.4) is 0 Å². The van der Waals surface area contributed by atoms with Gasteiger partial charge in [0.2, 0.25) is 0 Å². The third-order valence-electron chi connectivity index (χ3n) is 4.11. The summed E-state index contributed by atoms with van der Waals surface area (Å²) in [5.74, 6) is 0. The molecule has 2 aliphatic heterocycles. The van der Waals surface area contributed by atoms with Crippen molar-refractivity contribution in [2.75, 3.05) is 39.4 Å². The number of piperidine rings is 1. The van der Waals surface area contributed by atoms with E-state index in [2.05, 4.69) is 40.6 Å². The van der Waals surface area contributed by atoms with Crippen LogP contribution in [0.1, 0.15) is 24.0 Å². The van der Waals surface area contributed by atoms with Gasteiger partial charge in [-0.2, -0.15) is 0 Å². The van der Waals surface area contributed by atoms with Gasteiger partial charge in [0.1, 0.15) is 0 Å². The molecule has 2 heterocycles. The maximum absolute atomic E-state index is 5.39. The van der Waals surface area contributed by atoms with Gasteiger partial charge < -0.3 is 10.1 Å². The van der Waals surface area contributed by atoms with E-state index in [-0.39, 0.29) is 0 Å². The molecular weight excluding hydrogens is 248 g/mol. The highest BCUT2D eigenvalue weighted by Gasteiger charge is 2.10. The van der Waals surface area contributed by atoms with Crippen molar-refractivity contribution >= 4 is 6.08 Å². The smallest absolute Gasteiger partial charge is 0.0594 e. The Labute approximate surface area is 121 Å². The molecule has 1 N–H and O–H groups in total. The van der Waals surface area contributed by atoms with Crippen molar-refractivity contribution in [2.45, 2.75) is 19.4 Å². The summed E-state index contributed by atoms with van der Waals surface area (Å²) >= 11 is 0. The standard InChI is InChI=1S/C17H24N2O/c1-3-17(14-19-9-11-20-12-10-19)4-2-15(1)13-16-5-7-18-8-6-16/h1-4,13,18H,5-12,14H2. The molecule has 2 aliphatic rings. The van der Waals surface area contributed by atoms with E-state index in [0.29, 0.717) is 0 Å². The van der Waals surface area contributed by atoms with Crippen LogP contribution >= 0.6 is 0 Å². The molecule has 2 saturated heterocycles. The average Bonchev–Trinajstić information content (AvgIpc) is 2.51. The fourth-order valence-corrected chi connectivity index (χ4v) is 2.86. The van der Waals surface area contributed by atoms with Crippen LogP contribution in [0.25, 0.3) is 6.08 Å². The third-order valence-corrected chi connectivity index (χ3v) is 4.11. The van der Waals surface area contributed by atoms with Gasteiger partial charge in [-0.05, 0) is 37.1 Å². The molecule has 1 aromatic carbocycles. The minimum atomic E-state index is 0.873. The van der Waals surface area contributed by atoms with Crippen molar-refractivity contribution in [3.05, 3.63) is 41.0 Å². The topological polar surface area (TPSA) is 24.5 Å². The van der Waals surface area contributed by atoms with Crippen LogP contribution in [0, 0.1) is 0 Å². The molecule has 1 aromatic rings. The molecule has 3 nitrogen and oxygen atoms in total. The van der Waals surface area contributed by atoms with Gasteiger partial charge >= 0.3 is 0 Å². The van der Waals surface area contributed by atoms with Crippen LogP contribution in [0.4, 0.5) is 0 Å². The maximum atomic E-state index is 5.39. The van der Waals surface area contributed by atoms with Crippen LogP contribution in [-0.2, 0) is 11.3 Å².